The van der Waals surface area contributed by atoms with Gasteiger partial charge in [0.05, 0.1) is 0 Å². The molecule has 0 amide bonds. The van der Waals surface area contributed by atoms with Crippen LogP contribution in [0.5, 0.6) is 0 Å². The van der Waals surface area contributed by atoms with Crippen LogP contribution in [0, 0.1) is 40.9 Å². The lowest BCUT2D eigenvalue weighted by molar-refractivity contribution is -0.0411. The maximum atomic E-state index is 4.94. The second-order valence-electron chi connectivity index (χ2n) is 13.7. The summed E-state index contributed by atoms with van der Waals surface area (Å²) >= 11 is -1.72. The van der Waals surface area contributed by atoms with Crippen LogP contribution in [0.1, 0.15) is 89.5 Å². The van der Waals surface area contributed by atoms with Crippen LogP contribution in [0.3, 0.4) is 0 Å². The number of hydrogen-bond acceptors (Lipinski definition) is 0. The van der Waals surface area contributed by atoms with Crippen LogP contribution < -0.4 is 0 Å². The normalized spacial score (nSPS) is 39.4. The van der Waals surface area contributed by atoms with Gasteiger partial charge in [-0.15, -0.1) is 0 Å². The third-order valence-corrected chi connectivity index (χ3v) is 10.4. The highest BCUT2D eigenvalue weighted by Gasteiger charge is 2.51. The molecular weight excluding hydrogens is 530 g/mol. The summed E-state index contributed by atoms with van der Waals surface area (Å²) in [7, 11) is 14.8. The van der Waals surface area contributed by atoms with Gasteiger partial charge in [0, 0.05) is 0 Å². The Morgan fingerprint density at radius 2 is 0.784 bits per heavy atom. The topological polar surface area (TPSA) is 0 Å². The monoisotopic (exact) mass is 572 g/mol. The molecule has 0 radical (unpaired) electrons. The molecule has 8 aliphatic rings. The smallest absolute Gasteiger partial charge is 0.214 e. The summed E-state index contributed by atoms with van der Waals surface area (Å²) < 4.78 is 0. The molecule has 8 saturated carbocycles. The summed E-state index contributed by atoms with van der Waals surface area (Å²) in [6.45, 7) is 2.54. The Kier molecular flexibility index (Phi) is 9.64. The molecule has 8 bridgehead atoms. The SMILES string of the molecule is CC12CC3CC(CC(C3)C1)C2.[Cl][Al]([Cl])[Cl].c1ccc(C23CC4CC(CC(C4)C2)C3)cc1.c1ccccc1. The van der Waals surface area contributed by atoms with E-state index in [9.17, 15) is 0 Å². The van der Waals surface area contributed by atoms with Gasteiger partial charge in [-0.25, -0.2) is 30.1 Å². The van der Waals surface area contributed by atoms with E-state index in [0.29, 0.717) is 5.41 Å². The average Bonchev–Trinajstić information content (AvgIpc) is 2.84. The molecule has 4 heteroatoms. The van der Waals surface area contributed by atoms with Crippen LogP contribution in [0.2, 0.25) is 0 Å². The summed E-state index contributed by atoms with van der Waals surface area (Å²) in [6, 6.07) is 23.4. The first-order valence-corrected chi connectivity index (χ1v) is 20.0. The van der Waals surface area contributed by atoms with Crippen molar-refractivity contribution >= 4 is 41.5 Å². The third kappa shape index (κ3) is 7.53. The maximum Gasteiger partial charge on any atom is 0.643 e. The molecule has 200 valence electrons. The van der Waals surface area contributed by atoms with Gasteiger partial charge in [-0.3, -0.25) is 0 Å². The predicted octanol–water partition coefficient (Wildman–Crippen LogP) is 10.8. The maximum absolute atomic E-state index is 4.94. The molecule has 0 unspecified atom stereocenters. The van der Waals surface area contributed by atoms with Crippen molar-refractivity contribution in [1.29, 1.82) is 0 Å². The van der Waals surface area contributed by atoms with Gasteiger partial charge in [0.1, 0.15) is 0 Å². The van der Waals surface area contributed by atoms with E-state index in [1.54, 1.807) is 63.4 Å². The van der Waals surface area contributed by atoms with Crippen molar-refractivity contribution in [2.75, 3.05) is 0 Å². The van der Waals surface area contributed by atoms with E-state index < -0.39 is 11.4 Å². The molecule has 8 aliphatic carbocycles. The van der Waals surface area contributed by atoms with Crippen molar-refractivity contribution in [3.63, 3.8) is 0 Å². The van der Waals surface area contributed by atoms with Gasteiger partial charge in [-0.2, -0.15) is 0 Å². The minimum Gasteiger partial charge on any atom is -0.214 e. The second-order valence-corrected chi connectivity index (χ2v) is 20.1. The number of hydrogen-bond donors (Lipinski definition) is 0. The number of halogens is 3. The highest BCUT2D eigenvalue weighted by molar-refractivity contribution is 7.54. The fraction of sp³-hybridized carbons (Fsp3) is 0.636. The zero-order valence-corrected chi connectivity index (χ0v) is 25.9. The molecule has 2 aromatic carbocycles. The van der Waals surface area contributed by atoms with Crippen molar-refractivity contribution in [3.8, 4) is 0 Å². The molecule has 0 aliphatic heterocycles. The lowest BCUT2D eigenvalue weighted by Gasteiger charge is -2.57. The lowest BCUT2D eigenvalue weighted by atomic mass is 9.48. The minimum absolute atomic E-state index is 0.593. The van der Waals surface area contributed by atoms with Gasteiger partial charge in [0.2, 0.25) is 0 Å². The highest BCUT2D eigenvalue weighted by Crippen LogP contribution is 2.61. The van der Waals surface area contributed by atoms with E-state index in [4.69, 9.17) is 30.1 Å². The van der Waals surface area contributed by atoms with Gasteiger partial charge in [-0.05, 0) is 129 Å². The first kappa shape index (κ1) is 28.4. The third-order valence-electron chi connectivity index (χ3n) is 10.4. The van der Waals surface area contributed by atoms with Crippen molar-refractivity contribution in [2.24, 2.45) is 40.9 Å². The molecule has 2 aromatic rings. The fourth-order valence-electron chi connectivity index (χ4n) is 10.2. The summed E-state index contributed by atoms with van der Waals surface area (Å²) in [5, 5.41) is 0. The van der Waals surface area contributed by atoms with Crippen LogP contribution >= 0.6 is 30.1 Å². The first-order valence-electron chi connectivity index (χ1n) is 14.8. The van der Waals surface area contributed by atoms with Crippen LogP contribution in [0.4, 0.5) is 0 Å². The van der Waals surface area contributed by atoms with Gasteiger partial charge >= 0.3 is 11.4 Å². The van der Waals surface area contributed by atoms with Crippen molar-refractivity contribution in [3.05, 3.63) is 72.3 Å². The fourth-order valence-corrected chi connectivity index (χ4v) is 10.2. The number of benzene rings is 2. The zero-order valence-electron chi connectivity index (χ0n) is 22.5. The molecule has 0 spiro atoms. The van der Waals surface area contributed by atoms with Crippen LogP contribution in [-0.4, -0.2) is 11.4 Å². The van der Waals surface area contributed by atoms with Gasteiger partial charge in [0.25, 0.3) is 0 Å². The van der Waals surface area contributed by atoms with Gasteiger partial charge in [-0.1, -0.05) is 73.7 Å². The van der Waals surface area contributed by atoms with Crippen molar-refractivity contribution in [1.82, 2.24) is 0 Å². The summed E-state index contributed by atoms with van der Waals surface area (Å²) in [4.78, 5) is 0. The quantitative estimate of drug-likeness (QED) is 0.298. The van der Waals surface area contributed by atoms with Gasteiger partial charge in [0.15, 0.2) is 0 Å². The van der Waals surface area contributed by atoms with E-state index in [1.807, 2.05) is 36.4 Å². The summed E-state index contributed by atoms with van der Waals surface area (Å²) in [5.41, 5.74) is 3.04. The largest absolute Gasteiger partial charge is 0.643 e. The Hall–Kier alpha value is -0.158. The molecule has 8 fully saturated rings. The van der Waals surface area contributed by atoms with Crippen molar-refractivity contribution < 1.29 is 0 Å². The molecule has 10 rings (SSSR count). The van der Waals surface area contributed by atoms with E-state index in [-0.39, 0.29) is 0 Å². The Bertz CT molecular complexity index is 860. The molecule has 0 nitrogen and oxygen atoms in total. The molecule has 0 N–H and O–H groups in total. The van der Waals surface area contributed by atoms with Crippen LogP contribution in [-0.2, 0) is 5.41 Å². The van der Waals surface area contributed by atoms with Crippen LogP contribution in [0.15, 0.2) is 66.7 Å². The van der Waals surface area contributed by atoms with E-state index in [0.717, 1.165) is 40.9 Å². The molecule has 37 heavy (non-hydrogen) atoms. The first-order chi connectivity index (χ1) is 17.8. The Labute approximate surface area is 242 Å². The Morgan fingerprint density at radius 3 is 1.08 bits per heavy atom. The minimum atomic E-state index is -1.72. The van der Waals surface area contributed by atoms with Crippen molar-refractivity contribution in [2.45, 2.75) is 89.4 Å². The Morgan fingerprint density at radius 1 is 0.514 bits per heavy atom. The standard InChI is InChI=1S/C16H20.C11H18.C6H6.Al.3ClH/c1-2-4-15(5-3-1)16-9-12-6-13(10-16)8-14(7-12)11-16;1-11-5-8-2-9(6-11)4-10(3-8)7-11;1-2-4-6-5-3-1;;;;/h1-5,12-14H,6-11H2;8-10H,2-7H2,1H3;1-6H;;3*1H/q;;;+3;;;/p-3. The van der Waals surface area contributed by atoms with E-state index in [1.165, 1.54) is 19.3 Å². The average molecular weight is 574 g/mol. The predicted molar refractivity (Wildman–Crippen MR) is 162 cm³/mol. The highest BCUT2D eigenvalue weighted by atomic mass is 35.8. The Balaban J connectivity index is 0.000000115. The zero-order chi connectivity index (χ0) is 25.9. The molecular formula is C33H44AlCl3. The molecule has 0 atom stereocenters. The lowest BCUT2D eigenvalue weighted by Crippen LogP contribution is -2.48. The molecule has 0 aromatic heterocycles. The van der Waals surface area contributed by atoms with Gasteiger partial charge < -0.3 is 0 Å². The second kappa shape index (κ2) is 12.6. The number of rotatable bonds is 1. The molecule has 0 heterocycles. The van der Waals surface area contributed by atoms with E-state index in [2.05, 4.69) is 37.3 Å². The van der Waals surface area contributed by atoms with E-state index >= 15 is 0 Å². The molecule has 0 saturated heterocycles. The summed E-state index contributed by atoms with van der Waals surface area (Å²) in [6.07, 6.45) is 18.6. The summed E-state index contributed by atoms with van der Waals surface area (Å²) in [5.74, 6) is 6.62. The van der Waals surface area contributed by atoms with Crippen LogP contribution in [0.25, 0.3) is 0 Å².